The van der Waals surface area contributed by atoms with Crippen molar-refractivity contribution in [3.63, 3.8) is 0 Å². The summed E-state index contributed by atoms with van der Waals surface area (Å²) in [6, 6.07) is 19.7. The summed E-state index contributed by atoms with van der Waals surface area (Å²) in [5.74, 6) is 0. The Labute approximate surface area is 119 Å². The fraction of sp³-hybridized carbons (Fsp3) is 0. The number of hydrogen-bond acceptors (Lipinski definition) is 2. The Kier molecular flexibility index (Phi) is 3.59. The van der Waals surface area contributed by atoms with Crippen LogP contribution in [0.3, 0.4) is 0 Å². The zero-order chi connectivity index (χ0) is 11.5. The maximum absolute atomic E-state index is 2.29. The number of benzene rings is 1. The Hall–Kier alpha value is -0.650. The maximum Gasteiger partial charge on any atom is 0.369 e. The van der Waals surface area contributed by atoms with Crippen LogP contribution in [0, 0.1) is 6.45 Å². The summed E-state index contributed by atoms with van der Waals surface area (Å²) in [5, 5.41) is 2.14. The molecule has 3 rings (SSSR count). The van der Waals surface area contributed by atoms with Gasteiger partial charge in [0.1, 0.15) is 0 Å². The Morgan fingerprint density at radius 1 is 0.765 bits per heavy atom. The van der Waals surface area contributed by atoms with E-state index in [1.165, 1.54) is 13.3 Å². The van der Waals surface area contributed by atoms with Crippen LogP contribution in [0.4, 0.5) is 0 Å². The number of thiophene rings is 2. The molecule has 1 aromatic carbocycles. The van der Waals surface area contributed by atoms with Crippen LogP contribution in [0.1, 0.15) is 0 Å². The molecule has 0 radical (unpaired) electrons. The highest BCUT2D eigenvalue weighted by Gasteiger charge is 2.18. The highest BCUT2D eigenvalue weighted by molar-refractivity contribution is 7.20. The third-order valence-corrected chi connectivity index (χ3v) is 7.62. The largest absolute Gasteiger partial charge is 0.369 e. The van der Waals surface area contributed by atoms with Gasteiger partial charge in [0.15, 0.2) is 3.57 Å². The lowest BCUT2D eigenvalue weighted by molar-refractivity contribution is -0.591. The lowest BCUT2D eigenvalue weighted by Crippen LogP contribution is -3.61. The molecule has 0 N–H and O–H groups in total. The predicted molar refractivity (Wildman–Crippen MR) is 71.5 cm³/mol. The van der Waals surface area contributed by atoms with Gasteiger partial charge in [-0.15, -0.1) is 11.3 Å². The lowest BCUT2D eigenvalue weighted by atomic mass is 10.4. The molecular formula is C14H10IS2+. The molecule has 2 aromatic heterocycles. The van der Waals surface area contributed by atoms with Crippen LogP contribution in [-0.4, -0.2) is 0 Å². The SMILES string of the molecule is c1ccc([I+]c2ccc(-c3cccs3)s2)cc1. The van der Waals surface area contributed by atoms with Gasteiger partial charge in [0.25, 0.3) is 0 Å². The number of hydrogen-bond donors (Lipinski definition) is 0. The van der Waals surface area contributed by atoms with E-state index in [-0.39, 0.29) is 21.2 Å². The minimum absolute atomic E-state index is 0.00459. The van der Waals surface area contributed by atoms with Crippen LogP contribution < -0.4 is 21.2 Å². The van der Waals surface area contributed by atoms with E-state index in [0.717, 1.165) is 0 Å². The maximum atomic E-state index is 2.29. The zero-order valence-electron chi connectivity index (χ0n) is 8.97. The van der Waals surface area contributed by atoms with Gasteiger partial charge >= 0.3 is 21.2 Å². The van der Waals surface area contributed by atoms with E-state index in [4.69, 9.17) is 0 Å². The van der Waals surface area contributed by atoms with Crippen LogP contribution in [-0.2, 0) is 0 Å². The first-order chi connectivity index (χ1) is 8.42. The Morgan fingerprint density at radius 2 is 1.65 bits per heavy atom. The fourth-order valence-electron chi connectivity index (χ4n) is 1.50. The van der Waals surface area contributed by atoms with Gasteiger partial charge in [0.05, 0.1) is 0 Å². The van der Waals surface area contributed by atoms with Gasteiger partial charge < -0.3 is 0 Å². The van der Waals surface area contributed by atoms with Gasteiger partial charge in [-0.05, 0) is 29.6 Å². The quantitative estimate of drug-likeness (QED) is 0.616. The summed E-state index contributed by atoms with van der Waals surface area (Å²) >= 11 is 3.76. The summed E-state index contributed by atoms with van der Waals surface area (Å²) in [7, 11) is 0. The molecule has 0 atom stereocenters. The highest BCUT2D eigenvalue weighted by atomic mass is 127. The highest BCUT2D eigenvalue weighted by Crippen LogP contribution is 2.28. The van der Waals surface area contributed by atoms with E-state index in [0.29, 0.717) is 0 Å². The van der Waals surface area contributed by atoms with Crippen molar-refractivity contribution in [2.75, 3.05) is 0 Å². The molecule has 0 nitrogen and oxygen atoms in total. The van der Waals surface area contributed by atoms with E-state index < -0.39 is 0 Å². The first-order valence-corrected chi connectivity index (χ1v) is 9.11. The molecule has 84 valence electrons. The van der Waals surface area contributed by atoms with Crippen molar-refractivity contribution < 1.29 is 21.2 Å². The van der Waals surface area contributed by atoms with Crippen molar-refractivity contribution in [3.8, 4) is 9.75 Å². The summed E-state index contributed by atoms with van der Waals surface area (Å²) < 4.78 is 3.03. The number of halogens is 1. The molecule has 0 bridgehead atoms. The molecule has 0 saturated carbocycles. The van der Waals surface area contributed by atoms with Crippen molar-refractivity contribution >= 4 is 22.7 Å². The second-order valence-corrected chi connectivity index (χ2v) is 9.18. The second kappa shape index (κ2) is 5.33. The molecule has 0 unspecified atom stereocenters. The predicted octanol–water partition coefficient (Wildman–Crippen LogP) is 1.61. The minimum atomic E-state index is -0.00459. The molecule has 2 heterocycles. The molecule has 0 aliphatic rings. The molecule has 3 heteroatoms. The first kappa shape index (κ1) is 11.4. The summed E-state index contributed by atoms with van der Waals surface area (Å²) in [5.41, 5.74) is 0. The molecule has 17 heavy (non-hydrogen) atoms. The summed E-state index contributed by atoms with van der Waals surface area (Å²) in [4.78, 5) is 2.80. The molecule has 0 spiro atoms. The topological polar surface area (TPSA) is 0 Å². The van der Waals surface area contributed by atoms with Crippen LogP contribution in [0.15, 0.2) is 60.0 Å². The van der Waals surface area contributed by atoms with Crippen LogP contribution in [0.25, 0.3) is 9.75 Å². The Balaban J connectivity index is 1.82. The molecule has 0 aliphatic carbocycles. The van der Waals surface area contributed by atoms with Gasteiger partial charge in [-0.2, -0.15) is 0 Å². The van der Waals surface area contributed by atoms with Crippen molar-refractivity contribution in [1.82, 2.24) is 0 Å². The zero-order valence-corrected chi connectivity index (χ0v) is 12.8. The van der Waals surface area contributed by atoms with Gasteiger partial charge in [0, 0.05) is 15.8 Å². The average molecular weight is 369 g/mol. The third kappa shape index (κ3) is 2.78. The summed E-state index contributed by atoms with van der Waals surface area (Å²) in [6.45, 7) is 0. The third-order valence-electron chi connectivity index (χ3n) is 2.27. The van der Waals surface area contributed by atoms with Crippen molar-refractivity contribution in [2.45, 2.75) is 0 Å². The first-order valence-electron chi connectivity index (χ1n) is 5.25. The molecular weight excluding hydrogens is 359 g/mol. The van der Waals surface area contributed by atoms with Crippen LogP contribution >= 0.6 is 22.7 Å². The van der Waals surface area contributed by atoms with Crippen LogP contribution in [0.2, 0.25) is 0 Å². The van der Waals surface area contributed by atoms with E-state index in [9.17, 15) is 0 Å². The second-order valence-electron chi connectivity index (χ2n) is 3.47. The monoisotopic (exact) mass is 369 g/mol. The molecule has 0 saturated heterocycles. The smallest absolute Gasteiger partial charge is 0.143 e. The van der Waals surface area contributed by atoms with Crippen molar-refractivity contribution in [2.24, 2.45) is 0 Å². The summed E-state index contributed by atoms with van der Waals surface area (Å²) in [6.07, 6.45) is 0. The van der Waals surface area contributed by atoms with Crippen molar-refractivity contribution in [3.05, 3.63) is 66.4 Å². The standard InChI is InChI=1S/C14H10IS2/c1-2-5-11(6-3-1)15-14-9-8-13(17-14)12-7-4-10-16-12/h1-10H/q+1. The minimum Gasteiger partial charge on any atom is -0.143 e. The van der Waals surface area contributed by atoms with E-state index >= 15 is 0 Å². The van der Waals surface area contributed by atoms with Gasteiger partial charge in [-0.1, -0.05) is 35.6 Å². The normalized spacial score (nSPS) is 10.6. The molecule has 0 fully saturated rings. The van der Waals surface area contributed by atoms with Gasteiger partial charge in [0.2, 0.25) is 2.88 Å². The molecule has 0 aliphatic heterocycles. The number of rotatable bonds is 3. The Morgan fingerprint density at radius 3 is 2.41 bits per heavy atom. The fourth-order valence-corrected chi connectivity index (χ4v) is 6.49. The van der Waals surface area contributed by atoms with E-state index in [2.05, 4.69) is 60.0 Å². The van der Waals surface area contributed by atoms with Gasteiger partial charge in [-0.3, -0.25) is 0 Å². The van der Waals surface area contributed by atoms with Crippen LogP contribution in [0.5, 0.6) is 0 Å². The van der Waals surface area contributed by atoms with E-state index in [1.807, 2.05) is 22.7 Å². The molecule has 0 amide bonds. The Bertz CT molecular complexity index is 582. The lowest BCUT2D eigenvalue weighted by Gasteiger charge is -1.85. The molecule has 3 aromatic rings. The average Bonchev–Trinajstić information content (AvgIpc) is 3.00. The van der Waals surface area contributed by atoms with Crippen molar-refractivity contribution in [1.29, 1.82) is 0 Å². The van der Waals surface area contributed by atoms with Gasteiger partial charge in [-0.25, -0.2) is 0 Å². The van der Waals surface area contributed by atoms with E-state index in [1.54, 1.807) is 2.88 Å².